The van der Waals surface area contributed by atoms with Crippen LogP contribution in [0.3, 0.4) is 0 Å². The van der Waals surface area contributed by atoms with E-state index >= 15 is 0 Å². The topological polar surface area (TPSA) is 102 Å². The number of nitriles is 1. The molecule has 9 heteroatoms. The van der Waals surface area contributed by atoms with Crippen LogP contribution in [0.2, 0.25) is 5.02 Å². The normalized spacial score (nSPS) is 10.2. The zero-order chi connectivity index (χ0) is 20.0. The first-order valence-electron chi connectivity index (χ1n) is 7.86. The van der Waals surface area contributed by atoms with Crippen molar-refractivity contribution in [1.82, 2.24) is 0 Å². The minimum absolute atomic E-state index is 0.00325. The van der Waals surface area contributed by atoms with Crippen molar-refractivity contribution in [3.8, 4) is 11.8 Å². The summed E-state index contributed by atoms with van der Waals surface area (Å²) in [5, 5.41) is 12.2. The maximum Gasteiger partial charge on any atom is 0.342 e. The first-order valence-corrected chi connectivity index (χ1v) is 9.04. The van der Waals surface area contributed by atoms with E-state index in [0.717, 1.165) is 4.47 Å². The second kappa shape index (κ2) is 9.44. The average molecular weight is 456 g/mol. The summed E-state index contributed by atoms with van der Waals surface area (Å²) in [6.07, 6.45) is 0.552. The maximum atomic E-state index is 12.1. The van der Waals surface area contributed by atoms with Gasteiger partial charge >= 0.3 is 5.97 Å². The zero-order valence-electron chi connectivity index (χ0n) is 14.6. The van der Waals surface area contributed by atoms with Crippen LogP contribution in [0.5, 0.6) is 5.75 Å². The number of esters is 1. The molecular weight excluding hydrogens is 440 g/mol. The van der Waals surface area contributed by atoms with Gasteiger partial charge in [-0.2, -0.15) is 5.26 Å². The van der Waals surface area contributed by atoms with Gasteiger partial charge in [-0.05, 0) is 31.5 Å². The molecule has 0 fully saturated rings. The molecule has 1 amide bonds. The van der Waals surface area contributed by atoms with Crippen molar-refractivity contribution in [3.63, 3.8) is 0 Å². The Morgan fingerprint density at radius 3 is 2.78 bits per heavy atom. The predicted molar refractivity (Wildman–Crippen MR) is 102 cm³/mol. The van der Waals surface area contributed by atoms with Crippen LogP contribution in [0.25, 0.3) is 0 Å². The second-order valence-electron chi connectivity index (χ2n) is 5.42. The van der Waals surface area contributed by atoms with Crippen molar-refractivity contribution < 1.29 is 23.5 Å². The van der Waals surface area contributed by atoms with Crippen LogP contribution >= 0.6 is 27.5 Å². The zero-order valence-corrected chi connectivity index (χ0v) is 16.9. The van der Waals surface area contributed by atoms with Crippen LogP contribution in [0.4, 0.5) is 5.88 Å². The number of methoxy groups -OCH3 is 1. The SMILES string of the molecule is COC(=O)c1c(C)oc(NC(=O)CCCOc2ccc(Br)cc2Cl)c1C#N. The monoisotopic (exact) mass is 454 g/mol. The summed E-state index contributed by atoms with van der Waals surface area (Å²) in [5.41, 5.74) is -0.0610. The molecule has 0 atom stereocenters. The van der Waals surface area contributed by atoms with Gasteiger partial charge in [-0.25, -0.2) is 4.79 Å². The number of carbonyl (C=O) groups excluding carboxylic acids is 2. The highest BCUT2D eigenvalue weighted by Crippen LogP contribution is 2.28. The smallest absolute Gasteiger partial charge is 0.342 e. The highest BCUT2D eigenvalue weighted by atomic mass is 79.9. The van der Waals surface area contributed by atoms with Gasteiger partial charge in [0.15, 0.2) is 0 Å². The Morgan fingerprint density at radius 1 is 1.41 bits per heavy atom. The Kier molecular flexibility index (Phi) is 7.28. The molecule has 0 saturated carbocycles. The molecule has 142 valence electrons. The standard InChI is InChI=1S/C18H16BrClN2O5/c1-10-16(18(24)25-2)12(9-21)17(27-10)22-15(23)4-3-7-26-14-6-5-11(19)8-13(14)20/h5-6,8H,3-4,7H2,1-2H3,(H,22,23). The number of benzene rings is 1. The van der Waals surface area contributed by atoms with E-state index in [1.807, 2.05) is 6.07 Å². The number of nitrogens with zero attached hydrogens (tertiary/aromatic N) is 1. The Morgan fingerprint density at radius 2 is 2.15 bits per heavy atom. The van der Waals surface area contributed by atoms with E-state index in [9.17, 15) is 14.9 Å². The lowest BCUT2D eigenvalue weighted by Crippen LogP contribution is -2.13. The Hall–Kier alpha value is -2.50. The van der Waals surface area contributed by atoms with E-state index in [1.165, 1.54) is 14.0 Å². The lowest BCUT2D eigenvalue weighted by atomic mass is 10.1. The van der Waals surface area contributed by atoms with Crippen molar-refractivity contribution >= 4 is 45.3 Å². The number of amides is 1. The van der Waals surface area contributed by atoms with Gasteiger partial charge in [0.1, 0.15) is 28.7 Å². The van der Waals surface area contributed by atoms with Crippen molar-refractivity contribution in [2.75, 3.05) is 19.0 Å². The molecular formula is C18H16BrClN2O5. The minimum atomic E-state index is -0.701. The molecule has 0 unspecified atom stereocenters. The van der Waals surface area contributed by atoms with Crippen LogP contribution in [-0.4, -0.2) is 25.6 Å². The summed E-state index contributed by atoms with van der Waals surface area (Å²) < 4.78 is 16.3. The second-order valence-corrected chi connectivity index (χ2v) is 6.74. The fourth-order valence-corrected chi connectivity index (χ4v) is 3.01. The third-order valence-corrected chi connectivity index (χ3v) is 4.33. The fraction of sp³-hybridized carbons (Fsp3) is 0.278. The highest BCUT2D eigenvalue weighted by molar-refractivity contribution is 9.10. The van der Waals surface area contributed by atoms with Crippen molar-refractivity contribution in [2.24, 2.45) is 0 Å². The molecule has 0 bridgehead atoms. The molecule has 1 N–H and O–H groups in total. The van der Waals surface area contributed by atoms with Crippen LogP contribution in [0.15, 0.2) is 27.1 Å². The first-order chi connectivity index (χ1) is 12.9. The van der Waals surface area contributed by atoms with E-state index in [0.29, 0.717) is 17.2 Å². The van der Waals surface area contributed by atoms with Crippen LogP contribution in [-0.2, 0) is 9.53 Å². The molecule has 2 aromatic rings. The van der Waals surface area contributed by atoms with Gasteiger partial charge in [-0.1, -0.05) is 27.5 Å². The quantitative estimate of drug-likeness (QED) is 0.488. The lowest BCUT2D eigenvalue weighted by molar-refractivity contribution is -0.116. The number of aryl methyl sites for hydroxylation is 1. The Balaban J connectivity index is 1.91. The summed E-state index contributed by atoms with van der Waals surface area (Å²) >= 11 is 9.36. The minimum Gasteiger partial charge on any atom is -0.492 e. The number of anilines is 1. The number of nitrogens with one attached hydrogen (secondary N) is 1. The van der Waals surface area contributed by atoms with Crippen molar-refractivity contribution in [2.45, 2.75) is 19.8 Å². The molecule has 0 radical (unpaired) electrons. The number of ether oxygens (including phenoxy) is 2. The van der Waals surface area contributed by atoms with Crippen molar-refractivity contribution in [1.29, 1.82) is 5.26 Å². The van der Waals surface area contributed by atoms with Crippen LogP contribution < -0.4 is 10.1 Å². The summed E-state index contributed by atoms with van der Waals surface area (Å²) in [6, 6.07) is 7.09. The van der Waals surface area contributed by atoms with E-state index in [4.69, 9.17) is 20.8 Å². The van der Waals surface area contributed by atoms with E-state index in [-0.39, 0.29) is 41.7 Å². The van der Waals surface area contributed by atoms with Gasteiger partial charge < -0.3 is 13.9 Å². The first kappa shape index (κ1) is 20.8. The van der Waals surface area contributed by atoms with Crippen LogP contribution in [0.1, 0.15) is 34.5 Å². The third kappa shape index (κ3) is 5.25. The average Bonchev–Trinajstić information content (AvgIpc) is 2.94. The summed E-state index contributed by atoms with van der Waals surface area (Å²) in [7, 11) is 1.20. The van der Waals surface area contributed by atoms with Gasteiger partial charge in [0.2, 0.25) is 11.8 Å². The lowest BCUT2D eigenvalue weighted by Gasteiger charge is -2.08. The predicted octanol–water partition coefficient (Wildman–Crippen LogP) is 4.46. The maximum absolute atomic E-state index is 12.1. The van der Waals surface area contributed by atoms with Gasteiger partial charge in [0.05, 0.1) is 18.7 Å². The van der Waals surface area contributed by atoms with Gasteiger partial charge in [0, 0.05) is 10.9 Å². The number of hydrogen-bond acceptors (Lipinski definition) is 6. The Labute approximate surface area is 169 Å². The number of halogens is 2. The molecule has 0 aliphatic heterocycles. The van der Waals surface area contributed by atoms with E-state index in [2.05, 4.69) is 26.0 Å². The van der Waals surface area contributed by atoms with Crippen LogP contribution in [0, 0.1) is 18.3 Å². The number of carbonyl (C=O) groups is 2. The molecule has 0 saturated heterocycles. The number of rotatable bonds is 7. The van der Waals surface area contributed by atoms with Crippen molar-refractivity contribution in [3.05, 3.63) is 44.6 Å². The summed E-state index contributed by atoms with van der Waals surface area (Å²) in [5.74, 6) is -0.425. The third-order valence-electron chi connectivity index (χ3n) is 3.54. The molecule has 1 aromatic carbocycles. The molecule has 1 heterocycles. The summed E-state index contributed by atoms with van der Waals surface area (Å²) in [4.78, 5) is 23.8. The Bertz CT molecular complexity index is 904. The van der Waals surface area contributed by atoms with Gasteiger partial charge in [-0.15, -0.1) is 0 Å². The molecule has 0 spiro atoms. The van der Waals surface area contributed by atoms with E-state index in [1.54, 1.807) is 18.2 Å². The largest absolute Gasteiger partial charge is 0.492 e. The van der Waals surface area contributed by atoms with Gasteiger partial charge in [-0.3, -0.25) is 10.1 Å². The highest BCUT2D eigenvalue weighted by Gasteiger charge is 2.25. The number of furan rings is 1. The summed E-state index contributed by atoms with van der Waals surface area (Å²) in [6.45, 7) is 1.79. The molecule has 27 heavy (non-hydrogen) atoms. The molecule has 0 aliphatic rings. The van der Waals surface area contributed by atoms with E-state index < -0.39 is 5.97 Å². The molecule has 2 rings (SSSR count). The van der Waals surface area contributed by atoms with Gasteiger partial charge in [0.25, 0.3) is 0 Å². The molecule has 0 aliphatic carbocycles. The fourth-order valence-electron chi connectivity index (χ4n) is 2.28. The molecule has 1 aromatic heterocycles. The molecule has 7 nitrogen and oxygen atoms in total. The number of hydrogen-bond donors (Lipinski definition) is 1.